The van der Waals surface area contributed by atoms with Gasteiger partial charge in [-0.05, 0) is 17.6 Å². The molecule has 2 aliphatic rings. The molecule has 2 heterocycles. The second kappa shape index (κ2) is 7.83. The van der Waals surface area contributed by atoms with Gasteiger partial charge in [0.05, 0.1) is 6.54 Å². The summed E-state index contributed by atoms with van der Waals surface area (Å²) in [5, 5.41) is 5.75. The van der Waals surface area contributed by atoms with Crippen molar-refractivity contribution in [2.24, 2.45) is 4.99 Å². The number of hydrogen-bond donors (Lipinski definition) is 2. The summed E-state index contributed by atoms with van der Waals surface area (Å²) in [6.45, 7) is 2.57. The fourth-order valence-electron chi connectivity index (χ4n) is 3.07. The van der Waals surface area contributed by atoms with Gasteiger partial charge in [-0.2, -0.15) is 0 Å². The smallest absolute Gasteiger partial charge is 0.324 e. The Kier molecular flexibility index (Phi) is 5.33. The number of carbonyl (C=O) groups excluding carboxylic acids is 2. The molecule has 3 amide bonds. The van der Waals surface area contributed by atoms with Crippen LogP contribution in [0.1, 0.15) is 12.0 Å². The molecule has 2 aliphatic heterocycles. The van der Waals surface area contributed by atoms with Gasteiger partial charge in [-0.3, -0.25) is 14.7 Å². The first-order valence-corrected chi connectivity index (χ1v) is 8.47. The molecule has 7 heteroatoms. The van der Waals surface area contributed by atoms with Crippen molar-refractivity contribution >= 4 is 23.5 Å². The molecule has 2 N–H and O–H groups in total. The number of rotatable bonds is 4. The quantitative estimate of drug-likeness (QED) is 0.485. The van der Waals surface area contributed by atoms with Crippen molar-refractivity contribution in [1.82, 2.24) is 20.4 Å². The van der Waals surface area contributed by atoms with Gasteiger partial charge < -0.3 is 15.5 Å². The first-order chi connectivity index (χ1) is 12.2. The minimum absolute atomic E-state index is 0.0900. The van der Waals surface area contributed by atoms with Crippen molar-refractivity contribution in [2.75, 3.05) is 39.8 Å². The third-order valence-corrected chi connectivity index (χ3v) is 4.42. The average molecular weight is 341 g/mol. The van der Waals surface area contributed by atoms with E-state index in [-0.39, 0.29) is 18.5 Å². The number of hydrogen-bond acceptors (Lipinski definition) is 3. The van der Waals surface area contributed by atoms with Gasteiger partial charge >= 0.3 is 6.03 Å². The van der Waals surface area contributed by atoms with Crippen LogP contribution in [0.2, 0.25) is 0 Å². The molecule has 0 atom stereocenters. The number of aliphatic imine (C=N–C) groups is 1. The number of nitrogens with one attached hydrogen (secondary N) is 2. The third kappa shape index (κ3) is 3.99. The second-order valence-corrected chi connectivity index (χ2v) is 5.97. The Balaban J connectivity index is 1.52. The second-order valence-electron chi connectivity index (χ2n) is 5.97. The van der Waals surface area contributed by atoms with Crippen molar-refractivity contribution in [3.63, 3.8) is 0 Å². The van der Waals surface area contributed by atoms with Crippen molar-refractivity contribution < 1.29 is 9.59 Å². The number of urea groups is 1. The Labute approximate surface area is 147 Å². The normalized spacial score (nSPS) is 18.3. The average Bonchev–Trinajstić information content (AvgIpc) is 2.98. The van der Waals surface area contributed by atoms with E-state index in [0.29, 0.717) is 13.1 Å². The van der Waals surface area contributed by atoms with E-state index in [1.54, 1.807) is 7.05 Å². The molecule has 132 valence electrons. The summed E-state index contributed by atoms with van der Waals surface area (Å²) in [6.07, 6.45) is 3.18. The maximum atomic E-state index is 11.6. The van der Waals surface area contributed by atoms with Crippen LogP contribution < -0.4 is 10.6 Å². The summed E-state index contributed by atoms with van der Waals surface area (Å²) in [5.74, 6) is 0.602. The van der Waals surface area contributed by atoms with E-state index in [2.05, 4.69) is 50.9 Å². The van der Waals surface area contributed by atoms with Crippen LogP contribution in [0, 0.1) is 0 Å². The molecule has 0 saturated carbocycles. The van der Waals surface area contributed by atoms with Crippen LogP contribution in [-0.4, -0.2) is 67.5 Å². The maximum absolute atomic E-state index is 11.6. The Morgan fingerprint density at radius 3 is 2.68 bits per heavy atom. The first kappa shape index (κ1) is 17.0. The van der Waals surface area contributed by atoms with Crippen LogP contribution in [0.5, 0.6) is 0 Å². The van der Waals surface area contributed by atoms with Crippen LogP contribution >= 0.6 is 0 Å². The van der Waals surface area contributed by atoms with Crippen molar-refractivity contribution in [1.29, 1.82) is 0 Å². The number of nitrogens with zero attached hydrogens (tertiary/aromatic N) is 3. The van der Waals surface area contributed by atoms with Crippen molar-refractivity contribution in [2.45, 2.75) is 6.42 Å². The predicted octanol–water partition coefficient (Wildman–Crippen LogP) is 0.903. The summed E-state index contributed by atoms with van der Waals surface area (Å²) >= 11 is 0. The predicted molar refractivity (Wildman–Crippen MR) is 97.1 cm³/mol. The highest BCUT2D eigenvalue weighted by atomic mass is 16.2. The van der Waals surface area contributed by atoms with E-state index in [9.17, 15) is 9.59 Å². The topological polar surface area (TPSA) is 77.0 Å². The summed E-state index contributed by atoms with van der Waals surface area (Å²) in [7, 11) is 1.74. The molecule has 1 aromatic carbocycles. The van der Waals surface area contributed by atoms with Crippen molar-refractivity contribution in [3.05, 3.63) is 42.0 Å². The van der Waals surface area contributed by atoms with Crippen LogP contribution in [0.25, 0.3) is 5.57 Å². The van der Waals surface area contributed by atoms with Gasteiger partial charge in [-0.15, -0.1) is 0 Å². The van der Waals surface area contributed by atoms with Gasteiger partial charge in [0.2, 0.25) is 5.91 Å². The van der Waals surface area contributed by atoms with Gasteiger partial charge in [0.25, 0.3) is 0 Å². The number of guanidine groups is 1. The van der Waals surface area contributed by atoms with Crippen LogP contribution in [0.4, 0.5) is 4.79 Å². The zero-order chi connectivity index (χ0) is 17.6. The minimum Gasteiger partial charge on any atom is -0.354 e. The number of amides is 3. The molecule has 1 aromatic rings. The van der Waals surface area contributed by atoms with E-state index in [1.165, 1.54) is 16.0 Å². The van der Waals surface area contributed by atoms with Gasteiger partial charge in [0.1, 0.15) is 0 Å². The zero-order valence-corrected chi connectivity index (χ0v) is 14.4. The standard InChI is InChI=1S/C18H23N5O2/c1-19-17(20-9-12-23-16(24)13-21-18(23)25)22-10-7-15(8-11-22)14-5-3-2-4-6-14/h2-7H,8-13H2,1H3,(H,19,20)(H,21,25). The monoisotopic (exact) mass is 341 g/mol. The van der Waals surface area contributed by atoms with Crippen LogP contribution in [0.3, 0.4) is 0 Å². The first-order valence-electron chi connectivity index (χ1n) is 8.47. The third-order valence-electron chi connectivity index (χ3n) is 4.42. The number of benzene rings is 1. The molecular formula is C18H23N5O2. The molecule has 0 aliphatic carbocycles. The van der Waals surface area contributed by atoms with Crippen LogP contribution in [-0.2, 0) is 4.79 Å². The lowest BCUT2D eigenvalue weighted by Crippen LogP contribution is -2.46. The minimum atomic E-state index is -0.324. The zero-order valence-electron chi connectivity index (χ0n) is 14.4. The Bertz CT molecular complexity index is 683. The lowest BCUT2D eigenvalue weighted by molar-refractivity contribution is -0.124. The van der Waals surface area contributed by atoms with E-state index in [1.807, 2.05) is 6.07 Å². The van der Waals surface area contributed by atoms with Gasteiger partial charge in [-0.1, -0.05) is 36.4 Å². The van der Waals surface area contributed by atoms with Gasteiger partial charge in [-0.25, -0.2) is 4.79 Å². The SMILES string of the molecule is CN=C(NCCN1C(=O)CNC1=O)N1CC=C(c2ccccc2)CC1. The molecule has 0 bridgehead atoms. The van der Waals surface area contributed by atoms with E-state index in [4.69, 9.17) is 0 Å². The number of carbonyl (C=O) groups is 2. The Hall–Kier alpha value is -2.83. The molecule has 25 heavy (non-hydrogen) atoms. The number of imide groups is 1. The van der Waals surface area contributed by atoms with Crippen molar-refractivity contribution in [3.8, 4) is 0 Å². The molecule has 0 spiro atoms. The fraction of sp³-hybridized carbons (Fsp3) is 0.389. The maximum Gasteiger partial charge on any atom is 0.324 e. The van der Waals surface area contributed by atoms with Gasteiger partial charge in [0.15, 0.2) is 5.96 Å². The highest BCUT2D eigenvalue weighted by Gasteiger charge is 2.27. The Morgan fingerprint density at radius 2 is 2.08 bits per heavy atom. The lowest BCUT2D eigenvalue weighted by atomic mass is 10.00. The molecule has 7 nitrogen and oxygen atoms in total. The highest BCUT2D eigenvalue weighted by molar-refractivity contribution is 6.01. The summed E-state index contributed by atoms with van der Waals surface area (Å²) in [5.41, 5.74) is 2.62. The molecule has 1 fully saturated rings. The van der Waals surface area contributed by atoms with E-state index in [0.717, 1.165) is 25.5 Å². The fourth-order valence-corrected chi connectivity index (χ4v) is 3.07. The highest BCUT2D eigenvalue weighted by Crippen LogP contribution is 2.21. The van der Waals surface area contributed by atoms with Crippen LogP contribution in [0.15, 0.2) is 41.4 Å². The molecular weight excluding hydrogens is 318 g/mol. The summed E-state index contributed by atoms with van der Waals surface area (Å²) in [4.78, 5) is 30.8. The van der Waals surface area contributed by atoms with E-state index < -0.39 is 0 Å². The van der Waals surface area contributed by atoms with E-state index >= 15 is 0 Å². The largest absolute Gasteiger partial charge is 0.354 e. The Morgan fingerprint density at radius 1 is 1.28 bits per heavy atom. The molecule has 0 aromatic heterocycles. The molecule has 0 unspecified atom stereocenters. The lowest BCUT2D eigenvalue weighted by Gasteiger charge is -2.30. The summed E-state index contributed by atoms with van der Waals surface area (Å²) in [6, 6.07) is 10.1. The van der Waals surface area contributed by atoms with Gasteiger partial charge in [0, 0.05) is 33.2 Å². The molecule has 0 radical (unpaired) electrons. The molecule has 1 saturated heterocycles. The summed E-state index contributed by atoms with van der Waals surface area (Å²) < 4.78 is 0. The molecule has 3 rings (SSSR count).